The van der Waals surface area contributed by atoms with Crippen molar-refractivity contribution < 1.29 is 16.8 Å². The zero-order valence-corrected chi connectivity index (χ0v) is 12.8. The Labute approximate surface area is 119 Å². The molecule has 0 spiro atoms. The van der Waals surface area contributed by atoms with Gasteiger partial charge in [0.2, 0.25) is 20.0 Å². The molecule has 0 saturated carbocycles. The lowest BCUT2D eigenvalue weighted by Gasteiger charge is -2.30. The second-order valence-electron chi connectivity index (χ2n) is 5.13. The van der Waals surface area contributed by atoms with Crippen LogP contribution in [0.1, 0.15) is 19.8 Å². The summed E-state index contributed by atoms with van der Waals surface area (Å²) in [6.07, 6.45) is 1.82. The van der Waals surface area contributed by atoms with Gasteiger partial charge in [-0.3, -0.25) is 0 Å². The molecule has 2 N–H and O–H groups in total. The van der Waals surface area contributed by atoms with E-state index in [4.69, 9.17) is 5.14 Å². The molecule has 1 aromatic rings. The molecule has 1 unspecified atom stereocenters. The van der Waals surface area contributed by atoms with E-state index in [2.05, 4.69) is 0 Å². The summed E-state index contributed by atoms with van der Waals surface area (Å²) in [7, 11) is -7.57. The van der Waals surface area contributed by atoms with Crippen molar-refractivity contribution in [3.8, 4) is 0 Å². The standard InChI is InChI=1S/C12H18N2O4S2/c1-10-4-3-7-14(9-10)20(17,18)12-6-2-5-11(8-12)19(13,15)16/h2,5-6,8,10H,3-4,7,9H2,1H3,(H2,13,15,16). The Balaban J connectivity index is 2.39. The highest BCUT2D eigenvalue weighted by atomic mass is 32.2. The van der Waals surface area contributed by atoms with Gasteiger partial charge in [0, 0.05) is 13.1 Å². The van der Waals surface area contributed by atoms with E-state index < -0.39 is 20.0 Å². The van der Waals surface area contributed by atoms with E-state index in [-0.39, 0.29) is 9.79 Å². The van der Waals surface area contributed by atoms with Crippen LogP contribution in [0.25, 0.3) is 0 Å². The fraction of sp³-hybridized carbons (Fsp3) is 0.500. The predicted molar refractivity (Wildman–Crippen MR) is 75.0 cm³/mol. The number of piperidine rings is 1. The minimum Gasteiger partial charge on any atom is -0.225 e. The van der Waals surface area contributed by atoms with Gasteiger partial charge in [0.15, 0.2) is 0 Å². The number of nitrogens with two attached hydrogens (primary N) is 1. The first kappa shape index (κ1) is 15.4. The molecule has 0 aromatic heterocycles. The fourth-order valence-corrected chi connectivity index (χ4v) is 4.60. The highest BCUT2D eigenvalue weighted by Gasteiger charge is 2.29. The van der Waals surface area contributed by atoms with E-state index >= 15 is 0 Å². The second kappa shape index (κ2) is 5.44. The van der Waals surface area contributed by atoms with Gasteiger partial charge >= 0.3 is 0 Å². The molecule has 1 aliphatic rings. The predicted octanol–water partition coefficient (Wildman–Crippen LogP) is 0.755. The quantitative estimate of drug-likeness (QED) is 0.889. The number of nitrogens with zero attached hydrogens (tertiary/aromatic N) is 1. The number of sulfonamides is 2. The van der Waals surface area contributed by atoms with Crippen molar-refractivity contribution in [2.45, 2.75) is 29.6 Å². The Morgan fingerprint density at radius 1 is 1.20 bits per heavy atom. The normalized spacial score (nSPS) is 21.8. The molecule has 1 aliphatic heterocycles. The zero-order valence-electron chi connectivity index (χ0n) is 11.2. The molecule has 0 bridgehead atoms. The van der Waals surface area contributed by atoms with Gasteiger partial charge in [-0.15, -0.1) is 0 Å². The SMILES string of the molecule is CC1CCCN(S(=O)(=O)c2cccc(S(N)(=O)=O)c2)C1. The van der Waals surface area contributed by atoms with Crippen LogP contribution in [0.15, 0.2) is 34.1 Å². The fourth-order valence-electron chi connectivity index (χ4n) is 2.33. The molecule has 0 aliphatic carbocycles. The van der Waals surface area contributed by atoms with Crippen molar-refractivity contribution in [1.82, 2.24) is 4.31 Å². The first-order valence-electron chi connectivity index (χ1n) is 6.34. The van der Waals surface area contributed by atoms with Crippen LogP contribution < -0.4 is 5.14 Å². The van der Waals surface area contributed by atoms with Crippen molar-refractivity contribution in [2.75, 3.05) is 13.1 Å². The summed E-state index contributed by atoms with van der Waals surface area (Å²) >= 11 is 0. The number of rotatable bonds is 3. The smallest absolute Gasteiger partial charge is 0.225 e. The monoisotopic (exact) mass is 318 g/mol. The van der Waals surface area contributed by atoms with E-state index in [0.717, 1.165) is 18.9 Å². The summed E-state index contributed by atoms with van der Waals surface area (Å²) < 4.78 is 49.0. The van der Waals surface area contributed by atoms with Gasteiger partial charge in [-0.1, -0.05) is 13.0 Å². The third kappa shape index (κ3) is 3.20. The van der Waals surface area contributed by atoms with Crippen molar-refractivity contribution in [1.29, 1.82) is 0 Å². The van der Waals surface area contributed by atoms with Gasteiger partial charge in [0.05, 0.1) is 9.79 Å². The molecule has 1 atom stereocenters. The van der Waals surface area contributed by atoms with Crippen molar-refractivity contribution >= 4 is 20.0 Å². The van der Waals surface area contributed by atoms with Crippen LogP contribution >= 0.6 is 0 Å². The third-order valence-electron chi connectivity index (χ3n) is 3.39. The number of primary sulfonamides is 1. The lowest BCUT2D eigenvalue weighted by atomic mass is 10.0. The second-order valence-corrected chi connectivity index (χ2v) is 8.63. The maximum Gasteiger partial charge on any atom is 0.243 e. The zero-order chi connectivity index (χ0) is 15.0. The number of hydrogen-bond acceptors (Lipinski definition) is 4. The Bertz CT molecular complexity index is 698. The van der Waals surface area contributed by atoms with Crippen molar-refractivity contribution in [3.63, 3.8) is 0 Å². The molecule has 1 saturated heterocycles. The van der Waals surface area contributed by atoms with Crippen molar-refractivity contribution in [2.24, 2.45) is 11.1 Å². The minimum absolute atomic E-state index is 0.0295. The van der Waals surface area contributed by atoms with Gasteiger partial charge < -0.3 is 0 Å². The molecule has 0 radical (unpaired) electrons. The maximum absolute atomic E-state index is 12.5. The van der Waals surface area contributed by atoms with Crippen LogP contribution in [0.5, 0.6) is 0 Å². The third-order valence-corrected chi connectivity index (χ3v) is 6.16. The lowest BCUT2D eigenvalue weighted by Crippen LogP contribution is -2.39. The Kier molecular flexibility index (Phi) is 4.19. The first-order valence-corrected chi connectivity index (χ1v) is 9.33. The van der Waals surface area contributed by atoms with Crippen molar-refractivity contribution in [3.05, 3.63) is 24.3 Å². The Morgan fingerprint density at radius 2 is 1.85 bits per heavy atom. The molecule has 2 rings (SSSR count). The highest BCUT2D eigenvalue weighted by molar-refractivity contribution is 7.90. The molecule has 112 valence electrons. The Hall–Kier alpha value is -0.960. The molecule has 1 fully saturated rings. The summed E-state index contributed by atoms with van der Waals surface area (Å²) in [6, 6.07) is 5.18. The largest absolute Gasteiger partial charge is 0.243 e. The van der Waals surface area contributed by atoms with Crippen LogP contribution in [0.4, 0.5) is 0 Å². The summed E-state index contributed by atoms with van der Waals surface area (Å²) in [4.78, 5) is -0.221. The van der Waals surface area contributed by atoms with Crippen LogP contribution in [0, 0.1) is 5.92 Å². The summed E-state index contributed by atoms with van der Waals surface area (Å²) in [6.45, 7) is 2.93. The molecular formula is C12H18N2O4S2. The van der Waals surface area contributed by atoms with Gasteiger partial charge in [-0.05, 0) is 37.0 Å². The van der Waals surface area contributed by atoms with Gasteiger partial charge in [-0.25, -0.2) is 22.0 Å². The molecule has 8 heteroatoms. The van der Waals surface area contributed by atoms with E-state index in [1.54, 1.807) is 0 Å². The van der Waals surface area contributed by atoms with Crippen LogP contribution in [-0.2, 0) is 20.0 Å². The lowest BCUT2D eigenvalue weighted by molar-refractivity contribution is 0.281. The van der Waals surface area contributed by atoms with Gasteiger partial charge in [0.25, 0.3) is 0 Å². The van der Waals surface area contributed by atoms with E-state index in [9.17, 15) is 16.8 Å². The summed E-state index contributed by atoms with van der Waals surface area (Å²) in [5, 5.41) is 5.03. The minimum atomic E-state index is -3.91. The Morgan fingerprint density at radius 3 is 2.45 bits per heavy atom. The number of hydrogen-bond donors (Lipinski definition) is 1. The average Bonchev–Trinajstić information content (AvgIpc) is 2.38. The molecule has 0 amide bonds. The van der Waals surface area contributed by atoms with E-state index in [1.165, 1.54) is 22.5 Å². The van der Waals surface area contributed by atoms with Crippen LogP contribution in [0.3, 0.4) is 0 Å². The molecule has 20 heavy (non-hydrogen) atoms. The number of benzene rings is 1. The highest BCUT2D eigenvalue weighted by Crippen LogP contribution is 2.24. The molecule has 1 aromatic carbocycles. The topological polar surface area (TPSA) is 97.5 Å². The van der Waals surface area contributed by atoms with Gasteiger partial charge in [0.1, 0.15) is 0 Å². The molecule has 6 nitrogen and oxygen atoms in total. The summed E-state index contributed by atoms with van der Waals surface area (Å²) in [5.41, 5.74) is 0. The van der Waals surface area contributed by atoms with Crippen LogP contribution in [0.2, 0.25) is 0 Å². The molecular weight excluding hydrogens is 300 g/mol. The summed E-state index contributed by atoms with van der Waals surface area (Å²) in [5.74, 6) is 0.306. The van der Waals surface area contributed by atoms with E-state index in [1.807, 2.05) is 6.92 Å². The first-order chi connectivity index (χ1) is 9.21. The van der Waals surface area contributed by atoms with Gasteiger partial charge in [-0.2, -0.15) is 4.31 Å². The van der Waals surface area contributed by atoms with E-state index in [0.29, 0.717) is 19.0 Å². The molecule has 1 heterocycles. The maximum atomic E-state index is 12.5. The van der Waals surface area contributed by atoms with Crippen LogP contribution in [-0.4, -0.2) is 34.2 Å². The average molecular weight is 318 g/mol.